The van der Waals surface area contributed by atoms with Crippen molar-refractivity contribution in [2.24, 2.45) is 5.73 Å². The maximum absolute atomic E-state index is 13.1. The monoisotopic (exact) mass is 339 g/mol. The SMILES string of the molecule is CC(C)n1ncc2c(C(=O)N3CCC(N)C3)cc(-c3ccco3)nc21. The lowest BCUT2D eigenvalue weighted by Gasteiger charge is -2.17. The molecule has 1 amide bonds. The third-order valence-corrected chi connectivity index (χ3v) is 4.57. The van der Waals surface area contributed by atoms with Gasteiger partial charge in [0.1, 0.15) is 5.69 Å². The smallest absolute Gasteiger partial charge is 0.254 e. The Morgan fingerprint density at radius 2 is 2.28 bits per heavy atom. The molecule has 1 saturated heterocycles. The second-order valence-corrected chi connectivity index (χ2v) is 6.75. The number of rotatable bonds is 3. The van der Waals surface area contributed by atoms with Gasteiger partial charge >= 0.3 is 0 Å². The van der Waals surface area contributed by atoms with E-state index < -0.39 is 0 Å². The number of fused-ring (bicyclic) bond motifs is 1. The first kappa shape index (κ1) is 15.8. The summed E-state index contributed by atoms with van der Waals surface area (Å²) in [6.45, 7) is 5.33. The second-order valence-electron chi connectivity index (χ2n) is 6.75. The average molecular weight is 339 g/mol. The van der Waals surface area contributed by atoms with E-state index in [-0.39, 0.29) is 18.0 Å². The van der Waals surface area contributed by atoms with Crippen LogP contribution in [0.4, 0.5) is 0 Å². The number of amides is 1. The Kier molecular flexibility index (Phi) is 3.80. The molecule has 7 heteroatoms. The number of aromatic nitrogens is 3. The lowest BCUT2D eigenvalue weighted by Crippen LogP contribution is -2.32. The van der Waals surface area contributed by atoms with Gasteiger partial charge in [-0.3, -0.25) is 4.79 Å². The molecule has 0 radical (unpaired) electrons. The van der Waals surface area contributed by atoms with Gasteiger partial charge in [0.15, 0.2) is 11.4 Å². The first-order valence-electron chi connectivity index (χ1n) is 8.51. The van der Waals surface area contributed by atoms with Crippen molar-refractivity contribution in [3.05, 3.63) is 36.2 Å². The highest BCUT2D eigenvalue weighted by Crippen LogP contribution is 2.28. The summed E-state index contributed by atoms with van der Waals surface area (Å²) in [7, 11) is 0. The zero-order valence-corrected chi connectivity index (χ0v) is 14.3. The van der Waals surface area contributed by atoms with E-state index >= 15 is 0 Å². The number of carbonyl (C=O) groups is 1. The Morgan fingerprint density at radius 3 is 2.92 bits per heavy atom. The Labute approximate surface area is 145 Å². The first-order valence-corrected chi connectivity index (χ1v) is 8.51. The van der Waals surface area contributed by atoms with Crippen LogP contribution >= 0.6 is 0 Å². The molecule has 130 valence electrons. The molecule has 0 aromatic carbocycles. The highest BCUT2D eigenvalue weighted by molar-refractivity contribution is 6.06. The summed E-state index contributed by atoms with van der Waals surface area (Å²) in [6.07, 6.45) is 4.15. The average Bonchev–Trinajstić information content (AvgIpc) is 3.32. The van der Waals surface area contributed by atoms with Gasteiger partial charge in [0.2, 0.25) is 0 Å². The third kappa shape index (κ3) is 2.70. The van der Waals surface area contributed by atoms with Crippen LogP contribution in [-0.2, 0) is 0 Å². The van der Waals surface area contributed by atoms with Crippen LogP contribution in [0.25, 0.3) is 22.5 Å². The molecule has 1 aliphatic heterocycles. The Hall–Kier alpha value is -2.67. The molecule has 3 aromatic rings. The van der Waals surface area contributed by atoms with Gasteiger partial charge in [0, 0.05) is 25.2 Å². The van der Waals surface area contributed by atoms with Crippen molar-refractivity contribution in [2.45, 2.75) is 32.4 Å². The topological polar surface area (TPSA) is 90.2 Å². The first-order chi connectivity index (χ1) is 12.0. The van der Waals surface area contributed by atoms with Crippen LogP contribution in [0.2, 0.25) is 0 Å². The largest absolute Gasteiger partial charge is 0.463 e. The summed E-state index contributed by atoms with van der Waals surface area (Å²) in [5.41, 5.74) is 7.88. The Bertz CT molecular complexity index is 913. The van der Waals surface area contributed by atoms with E-state index in [2.05, 4.69) is 5.10 Å². The van der Waals surface area contributed by atoms with Crippen molar-refractivity contribution in [3.63, 3.8) is 0 Å². The molecule has 3 aromatic heterocycles. The van der Waals surface area contributed by atoms with E-state index in [0.29, 0.717) is 35.8 Å². The highest BCUT2D eigenvalue weighted by atomic mass is 16.3. The van der Waals surface area contributed by atoms with Gasteiger partial charge in [-0.2, -0.15) is 5.10 Å². The summed E-state index contributed by atoms with van der Waals surface area (Å²) in [5, 5.41) is 5.19. The van der Waals surface area contributed by atoms with Gasteiger partial charge in [-0.15, -0.1) is 0 Å². The fraction of sp³-hybridized carbons (Fsp3) is 0.389. The Balaban J connectivity index is 1.88. The number of hydrogen-bond acceptors (Lipinski definition) is 5. The number of furan rings is 1. The number of nitrogens with zero attached hydrogens (tertiary/aromatic N) is 4. The minimum Gasteiger partial charge on any atom is -0.463 e. The summed E-state index contributed by atoms with van der Waals surface area (Å²) in [6, 6.07) is 5.62. The lowest BCUT2D eigenvalue weighted by molar-refractivity contribution is 0.0793. The number of nitrogens with two attached hydrogens (primary N) is 1. The zero-order valence-electron chi connectivity index (χ0n) is 14.3. The molecule has 1 fully saturated rings. The van der Waals surface area contributed by atoms with E-state index in [1.807, 2.05) is 30.7 Å². The van der Waals surface area contributed by atoms with Crippen LogP contribution in [0.5, 0.6) is 0 Å². The standard InChI is InChI=1S/C18H21N5O2/c1-11(2)23-17-14(9-20-23)13(18(24)22-6-5-12(19)10-22)8-15(21-17)16-4-3-7-25-16/h3-4,7-9,11-12H,5-6,10,19H2,1-2H3. The third-order valence-electron chi connectivity index (χ3n) is 4.57. The lowest BCUT2D eigenvalue weighted by atomic mass is 10.1. The van der Waals surface area contributed by atoms with Crippen LogP contribution in [0.3, 0.4) is 0 Å². The second kappa shape index (κ2) is 6.00. The van der Waals surface area contributed by atoms with Crippen molar-refractivity contribution in [3.8, 4) is 11.5 Å². The molecule has 1 aliphatic rings. The van der Waals surface area contributed by atoms with Gasteiger partial charge in [0.25, 0.3) is 5.91 Å². The van der Waals surface area contributed by atoms with Gasteiger partial charge in [-0.1, -0.05) is 0 Å². The van der Waals surface area contributed by atoms with Gasteiger partial charge in [0.05, 0.1) is 23.4 Å². The quantitative estimate of drug-likeness (QED) is 0.791. The fourth-order valence-corrected chi connectivity index (χ4v) is 3.27. The summed E-state index contributed by atoms with van der Waals surface area (Å²) >= 11 is 0. The minimum absolute atomic E-state index is 0.0311. The van der Waals surface area contributed by atoms with Crippen LogP contribution in [0, 0.1) is 0 Å². The molecule has 4 rings (SSSR count). The van der Waals surface area contributed by atoms with Crippen molar-refractivity contribution < 1.29 is 9.21 Å². The number of carbonyl (C=O) groups excluding carboxylic acids is 1. The highest BCUT2D eigenvalue weighted by Gasteiger charge is 2.27. The summed E-state index contributed by atoms with van der Waals surface area (Å²) < 4.78 is 7.31. The predicted molar refractivity (Wildman–Crippen MR) is 94.1 cm³/mol. The van der Waals surface area contributed by atoms with Gasteiger partial charge in [-0.05, 0) is 38.5 Å². The van der Waals surface area contributed by atoms with E-state index in [0.717, 1.165) is 11.8 Å². The molecule has 7 nitrogen and oxygen atoms in total. The van der Waals surface area contributed by atoms with Crippen LogP contribution in [0.15, 0.2) is 35.1 Å². The predicted octanol–water partition coefficient (Wildman–Crippen LogP) is 2.45. The van der Waals surface area contributed by atoms with Crippen LogP contribution < -0.4 is 5.73 Å². The molecule has 0 spiro atoms. The molecule has 0 saturated carbocycles. The van der Waals surface area contributed by atoms with E-state index in [9.17, 15) is 4.79 Å². The molecule has 1 unspecified atom stereocenters. The van der Waals surface area contributed by atoms with Crippen molar-refractivity contribution in [1.82, 2.24) is 19.7 Å². The van der Waals surface area contributed by atoms with Crippen LogP contribution in [0.1, 0.15) is 36.7 Å². The summed E-state index contributed by atoms with van der Waals surface area (Å²) in [4.78, 5) is 19.6. The fourth-order valence-electron chi connectivity index (χ4n) is 3.27. The molecular formula is C18H21N5O2. The maximum Gasteiger partial charge on any atom is 0.254 e. The van der Waals surface area contributed by atoms with E-state index in [1.165, 1.54) is 0 Å². The molecule has 0 bridgehead atoms. The molecular weight excluding hydrogens is 318 g/mol. The number of likely N-dealkylation sites (tertiary alicyclic amines) is 1. The normalized spacial score (nSPS) is 17.8. The maximum atomic E-state index is 13.1. The van der Waals surface area contributed by atoms with Crippen molar-refractivity contribution in [1.29, 1.82) is 0 Å². The Morgan fingerprint density at radius 1 is 1.44 bits per heavy atom. The van der Waals surface area contributed by atoms with Crippen molar-refractivity contribution >= 4 is 16.9 Å². The van der Waals surface area contributed by atoms with Crippen LogP contribution in [-0.4, -0.2) is 44.7 Å². The van der Waals surface area contributed by atoms with Gasteiger partial charge in [-0.25, -0.2) is 9.67 Å². The summed E-state index contributed by atoms with van der Waals surface area (Å²) in [5.74, 6) is 0.599. The molecule has 2 N–H and O–H groups in total. The minimum atomic E-state index is -0.0311. The number of hydrogen-bond donors (Lipinski definition) is 1. The molecule has 1 atom stereocenters. The van der Waals surface area contributed by atoms with Gasteiger partial charge < -0.3 is 15.1 Å². The van der Waals surface area contributed by atoms with E-state index in [4.69, 9.17) is 15.1 Å². The van der Waals surface area contributed by atoms with E-state index in [1.54, 1.807) is 23.4 Å². The molecule has 4 heterocycles. The molecule has 0 aliphatic carbocycles. The molecule has 25 heavy (non-hydrogen) atoms. The van der Waals surface area contributed by atoms with Crippen molar-refractivity contribution in [2.75, 3.05) is 13.1 Å². The zero-order chi connectivity index (χ0) is 17.6. The number of pyridine rings is 1.